The van der Waals surface area contributed by atoms with Crippen LogP contribution in [-0.4, -0.2) is 45.9 Å². The molecule has 9 heteroatoms. The molecule has 2 aromatic carbocycles. The Labute approximate surface area is 182 Å². The number of sulfonamides is 1. The highest BCUT2D eigenvalue weighted by molar-refractivity contribution is 7.89. The molecule has 0 saturated carbocycles. The molecular weight excluding hydrogens is 428 g/mol. The average molecular weight is 453 g/mol. The highest BCUT2D eigenvalue weighted by atomic mass is 35.5. The lowest BCUT2D eigenvalue weighted by Gasteiger charge is -2.30. The predicted molar refractivity (Wildman–Crippen MR) is 114 cm³/mol. The molecule has 0 atom stereocenters. The Bertz CT molecular complexity index is 987. The van der Waals surface area contributed by atoms with Crippen molar-refractivity contribution in [1.82, 2.24) is 9.62 Å². The van der Waals surface area contributed by atoms with Gasteiger partial charge in [0.05, 0.1) is 24.1 Å². The Morgan fingerprint density at radius 1 is 1.10 bits per heavy atom. The SMILES string of the molecule is COc1ccc(CNC(=O)C2CCN(S(=O)(=O)c3ccc(OC)c(Cl)c3)CC2)cc1. The number of benzene rings is 2. The summed E-state index contributed by atoms with van der Waals surface area (Å²) < 4.78 is 37.4. The molecule has 1 N–H and O–H groups in total. The topological polar surface area (TPSA) is 84.9 Å². The lowest BCUT2D eigenvalue weighted by Crippen LogP contribution is -2.42. The Morgan fingerprint density at radius 3 is 2.33 bits per heavy atom. The number of piperidine rings is 1. The molecule has 0 aromatic heterocycles. The minimum Gasteiger partial charge on any atom is -0.497 e. The summed E-state index contributed by atoms with van der Waals surface area (Å²) in [5, 5.41) is 3.17. The predicted octanol–water partition coefficient (Wildman–Crippen LogP) is 3.07. The van der Waals surface area contributed by atoms with Gasteiger partial charge in [-0.3, -0.25) is 4.79 Å². The van der Waals surface area contributed by atoms with Crippen molar-refractivity contribution in [3.05, 3.63) is 53.1 Å². The number of carbonyl (C=O) groups excluding carboxylic acids is 1. The van der Waals surface area contributed by atoms with Crippen LogP contribution in [0.15, 0.2) is 47.4 Å². The zero-order valence-electron chi connectivity index (χ0n) is 16.9. The van der Waals surface area contributed by atoms with E-state index in [1.807, 2.05) is 24.3 Å². The molecule has 3 rings (SSSR count). The number of carbonyl (C=O) groups is 1. The summed E-state index contributed by atoms with van der Waals surface area (Å²) in [7, 11) is -0.595. The van der Waals surface area contributed by atoms with Crippen LogP contribution in [0.5, 0.6) is 11.5 Å². The summed E-state index contributed by atoms with van der Waals surface area (Å²) in [5.74, 6) is 0.907. The molecule has 1 aliphatic heterocycles. The first-order chi connectivity index (χ1) is 14.3. The largest absolute Gasteiger partial charge is 0.497 e. The van der Waals surface area contributed by atoms with Crippen LogP contribution in [0.25, 0.3) is 0 Å². The van der Waals surface area contributed by atoms with Crippen LogP contribution >= 0.6 is 11.6 Å². The van der Waals surface area contributed by atoms with Crippen molar-refractivity contribution in [3.8, 4) is 11.5 Å². The molecule has 162 valence electrons. The van der Waals surface area contributed by atoms with Gasteiger partial charge in [0.25, 0.3) is 0 Å². The first-order valence-corrected chi connectivity index (χ1v) is 11.4. The van der Waals surface area contributed by atoms with E-state index in [-0.39, 0.29) is 34.8 Å². The van der Waals surface area contributed by atoms with Gasteiger partial charge in [0, 0.05) is 25.6 Å². The molecule has 0 bridgehead atoms. The van der Waals surface area contributed by atoms with Gasteiger partial charge in [-0.2, -0.15) is 4.31 Å². The maximum absolute atomic E-state index is 12.9. The molecule has 0 spiro atoms. The maximum atomic E-state index is 12.9. The Balaban J connectivity index is 1.55. The van der Waals surface area contributed by atoms with Crippen LogP contribution in [0, 0.1) is 5.92 Å². The van der Waals surface area contributed by atoms with E-state index in [1.54, 1.807) is 7.11 Å². The monoisotopic (exact) mass is 452 g/mol. The second-order valence-corrected chi connectivity index (χ2v) is 9.39. The van der Waals surface area contributed by atoms with Crippen LogP contribution in [0.2, 0.25) is 5.02 Å². The first kappa shape index (κ1) is 22.4. The number of hydrogen-bond donors (Lipinski definition) is 1. The average Bonchev–Trinajstić information content (AvgIpc) is 2.77. The van der Waals surface area contributed by atoms with Gasteiger partial charge in [0.15, 0.2) is 0 Å². The summed E-state index contributed by atoms with van der Waals surface area (Å²) in [4.78, 5) is 12.6. The van der Waals surface area contributed by atoms with Crippen molar-refractivity contribution < 1.29 is 22.7 Å². The van der Waals surface area contributed by atoms with E-state index in [9.17, 15) is 13.2 Å². The molecular formula is C21H25ClN2O5S. The Hall–Kier alpha value is -2.29. The van der Waals surface area contributed by atoms with Gasteiger partial charge in [0.1, 0.15) is 11.5 Å². The van der Waals surface area contributed by atoms with Crippen LogP contribution in [0.1, 0.15) is 18.4 Å². The number of ether oxygens (including phenoxy) is 2. The molecule has 30 heavy (non-hydrogen) atoms. The second kappa shape index (κ2) is 9.68. The zero-order valence-corrected chi connectivity index (χ0v) is 18.5. The Kier molecular flexibility index (Phi) is 7.23. The minimum atomic E-state index is -3.67. The smallest absolute Gasteiger partial charge is 0.243 e. The Morgan fingerprint density at radius 2 is 1.77 bits per heavy atom. The highest BCUT2D eigenvalue weighted by Gasteiger charge is 2.32. The van der Waals surface area contributed by atoms with Gasteiger partial charge >= 0.3 is 0 Å². The molecule has 1 aliphatic rings. The zero-order chi connectivity index (χ0) is 21.7. The number of methoxy groups -OCH3 is 2. The van der Waals surface area contributed by atoms with Crippen molar-refractivity contribution in [2.24, 2.45) is 5.92 Å². The fourth-order valence-corrected chi connectivity index (χ4v) is 5.21. The van der Waals surface area contributed by atoms with E-state index >= 15 is 0 Å². The summed E-state index contributed by atoms with van der Waals surface area (Å²) >= 11 is 6.07. The van der Waals surface area contributed by atoms with E-state index in [4.69, 9.17) is 21.1 Å². The fraction of sp³-hybridized carbons (Fsp3) is 0.381. The molecule has 2 aromatic rings. The number of nitrogens with one attached hydrogen (secondary N) is 1. The molecule has 0 aliphatic carbocycles. The van der Waals surface area contributed by atoms with E-state index in [1.165, 1.54) is 29.6 Å². The second-order valence-electron chi connectivity index (χ2n) is 7.04. The van der Waals surface area contributed by atoms with Gasteiger partial charge in [-0.05, 0) is 48.7 Å². The normalized spacial score (nSPS) is 15.6. The molecule has 1 saturated heterocycles. The van der Waals surface area contributed by atoms with Gasteiger partial charge in [-0.1, -0.05) is 23.7 Å². The summed E-state index contributed by atoms with van der Waals surface area (Å²) in [6.45, 7) is 0.991. The summed E-state index contributed by atoms with van der Waals surface area (Å²) in [6, 6.07) is 11.9. The third-order valence-electron chi connectivity index (χ3n) is 5.21. The van der Waals surface area contributed by atoms with E-state index in [2.05, 4.69) is 5.32 Å². The van der Waals surface area contributed by atoms with E-state index in [0.717, 1.165) is 11.3 Å². The van der Waals surface area contributed by atoms with Crippen LogP contribution in [-0.2, 0) is 21.4 Å². The summed E-state index contributed by atoms with van der Waals surface area (Å²) in [6.07, 6.45) is 0.940. The molecule has 0 radical (unpaired) electrons. The lowest BCUT2D eigenvalue weighted by molar-refractivity contribution is -0.126. The lowest BCUT2D eigenvalue weighted by atomic mass is 9.97. The van der Waals surface area contributed by atoms with E-state index in [0.29, 0.717) is 25.1 Å². The van der Waals surface area contributed by atoms with Crippen LogP contribution < -0.4 is 14.8 Å². The molecule has 0 unspecified atom stereocenters. The quantitative estimate of drug-likeness (QED) is 0.697. The number of amides is 1. The first-order valence-electron chi connectivity index (χ1n) is 9.59. The van der Waals surface area contributed by atoms with Crippen molar-refractivity contribution in [3.63, 3.8) is 0 Å². The number of nitrogens with zero attached hydrogens (tertiary/aromatic N) is 1. The van der Waals surface area contributed by atoms with Gasteiger partial charge in [-0.25, -0.2) is 8.42 Å². The third-order valence-corrected chi connectivity index (χ3v) is 7.40. The maximum Gasteiger partial charge on any atom is 0.243 e. The van der Waals surface area contributed by atoms with Gasteiger partial charge in [-0.15, -0.1) is 0 Å². The molecule has 1 fully saturated rings. The van der Waals surface area contributed by atoms with Crippen molar-refractivity contribution in [1.29, 1.82) is 0 Å². The molecule has 7 nitrogen and oxygen atoms in total. The molecule has 1 amide bonds. The molecule has 1 heterocycles. The van der Waals surface area contributed by atoms with E-state index < -0.39 is 10.0 Å². The fourth-order valence-electron chi connectivity index (χ4n) is 3.39. The number of rotatable bonds is 7. The highest BCUT2D eigenvalue weighted by Crippen LogP contribution is 2.30. The van der Waals surface area contributed by atoms with Crippen LogP contribution in [0.3, 0.4) is 0 Å². The number of hydrogen-bond acceptors (Lipinski definition) is 5. The third kappa shape index (κ3) is 5.06. The van der Waals surface area contributed by atoms with Crippen LogP contribution in [0.4, 0.5) is 0 Å². The summed E-state index contributed by atoms with van der Waals surface area (Å²) in [5.41, 5.74) is 0.973. The minimum absolute atomic E-state index is 0.0599. The van der Waals surface area contributed by atoms with Crippen molar-refractivity contribution in [2.75, 3.05) is 27.3 Å². The van der Waals surface area contributed by atoms with Crippen molar-refractivity contribution >= 4 is 27.5 Å². The van der Waals surface area contributed by atoms with Crippen molar-refractivity contribution in [2.45, 2.75) is 24.3 Å². The number of halogens is 1. The van der Waals surface area contributed by atoms with Gasteiger partial charge in [0.2, 0.25) is 15.9 Å². The van der Waals surface area contributed by atoms with Gasteiger partial charge < -0.3 is 14.8 Å². The standard InChI is InChI=1S/C21H25ClN2O5S/c1-28-17-5-3-15(4-6-17)14-23-21(25)16-9-11-24(12-10-16)30(26,27)18-7-8-20(29-2)19(22)13-18/h3-8,13,16H,9-12,14H2,1-2H3,(H,23,25).